The summed E-state index contributed by atoms with van der Waals surface area (Å²) < 4.78 is 34.1. The van der Waals surface area contributed by atoms with Gasteiger partial charge >= 0.3 is 11.9 Å². The van der Waals surface area contributed by atoms with E-state index in [0.717, 1.165) is 0 Å². The number of aliphatic hydroxyl groups excluding tert-OH is 1. The Morgan fingerprint density at radius 1 is 1.12 bits per heavy atom. The number of aliphatic hydroxyl groups is 2. The lowest BCUT2D eigenvalue weighted by molar-refractivity contribution is -0.330. The maximum Gasteiger partial charge on any atom is 0.309 e. The molecule has 11 atom stereocenters. The summed E-state index contributed by atoms with van der Waals surface area (Å²) in [7, 11) is 3.98. The number of hydrogen-bond acceptors (Lipinski definition) is 11. The summed E-state index contributed by atoms with van der Waals surface area (Å²) in [5, 5.41) is 23.2. The third kappa shape index (κ3) is 3.48. The third-order valence-corrected chi connectivity index (χ3v) is 11.4. The van der Waals surface area contributed by atoms with E-state index in [-0.39, 0.29) is 31.0 Å². The van der Waals surface area contributed by atoms with Crippen LogP contribution < -0.4 is 0 Å². The van der Waals surface area contributed by atoms with Gasteiger partial charge in [-0.25, -0.2) is 0 Å². The smallest absolute Gasteiger partial charge is 0.309 e. The Bertz CT molecular complexity index is 1120. The molecule has 40 heavy (non-hydrogen) atoms. The molecule has 5 rings (SSSR count). The molecule has 2 saturated carbocycles. The molecule has 5 fully saturated rings. The highest BCUT2D eigenvalue weighted by molar-refractivity contribution is 5.87. The highest BCUT2D eigenvalue weighted by atomic mass is 16.8. The Morgan fingerprint density at radius 2 is 1.80 bits per heavy atom. The largest absolute Gasteiger partial charge is 0.469 e. The zero-order valence-electron chi connectivity index (χ0n) is 24.4. The van der Waals surface area contributed by atoms with E-state index in [2.05, 4.69) is 13.5 Å². The van der Waals surface area contributed by atoms with E-state index in [1.165, 1.54) is 21.3 Å². The standard InChI is InChI=1S/C29H42O11/c1-14-15-9-10-26(4)23(29(34)21(33)22(36-7)39-24(29)37-8)38-20(32)13-28(14,26)40-18-12-17(30)25(2,3)16(27(15,18)5)11-19(31)35-6/h15-16,18,21-24,33-34H,1,9-13H2,2-8H3/t15-,16-,18-,21-,22+,23+,24+,26-,27+,28-,29+/m0/s1. The predicted molar refractivity (Wildman–Crippen MR) is 137 cm³/mol. The minimum Gasteiger partial charge on any atom is -0.469 e. The fraction of sp³-hybridized carbons (Fsp3) is 0.828. The summed E-state index contributed by atoms with van der Waals surface area (Å²) in [6.45, 7) is 12.1. The topological polar surface area (TPSA) is 147 Å². The Morgan fingerprint density at radius 3 is 2.40 bits per heavy atom. The number of rotatable bonds is 5. The molecule has 1 spiro atoms. The number of carbonyl (C=O) groups excluding carboxylic acids is 3. The van der Waals surface area contributed by atoms with Crippen LogP contribution in [0.5, 0.6) is 0 Å². The van der Waals surface area contributed by atoms with Crippen LogP contribution in [0.15, 0.2) is 12.2 Å². The molecule has 0 unspecified atom stereocenters. The second kappa shape index (κ2) is 9.31. The van der Waals surface area contributed by atoms with Crippen molar-refractivity contribution in [1.82, 2.24) is 0 Å². The monoisotopic (exact) mass is 566 g/mol. The van der Waals surface area contributed by atoms with Crippen molar-refractivity contribution in [3.05, 3.63) is 12.2 Å². The molecule has 2 N–H and O–H groups in total. The Hall–Kier alpha value is -1.89. The van der Waals surface area contributed by atoms with Crippen LogP contribution in [-0.4, -0.2) is 91.4 Å². The lowest BCUT2D eigenvalue weighted by Gasteiger charge is -2.71. The molecule has 5 aliphatic rings. The van der Waals surface area contributed by atoms with Gasteiger partial charge in [-0.15, -0.1) is 0 Å². The van der Waals surface area contributed by atoms with Crippen LogP contribution in [0.3, 0.4) is 0 Å². The summed E-state index contributed by atoms with van der Waals surface area (Å²) in [4.78, 5) is 39.5. The fourth-order valence-corrected chi connectivity index (χ4v) is 9.00. The van der Waals surface area contributed by atoms with Gasteiger partial charge in [0.05, 0.1) is 19.6 Å². The van der Waals surface area contributed by atoms with E-state index in [1.54, 1.807) is 0 Å². The maximum atomic E-state index is 13.5. The van der Waals surface area contributed by atoms with Crippen LogP contribution >= 0.6 is 0 Å². The molecule has 3 saturated heterocycles. The van der Waals surface area contributed by atoms with E-state index in [9.17, 15) is 24.6 Å². The average molecular weight is 567 g/mol. The molecule has 11 heteroatoms. The molecule has 2 bridgehead atoms. The Balaban J connectivity index is 1.63. The molecule has 0 amide bonds. The van der Waals surface area contributed by atoms with Crippen molar-refractivity contribution in [2.45, 2.75) is 102 Å². The number of fused-ring (bicyclic) bond motifs is 3. The molecule has 0 aromatic rings. The average Bonchev–Trinajstić information content (AvgIpc) is 3.15. The second-order valence-corrected chi connectivity index (χ2v) is 13.2. The van der Waals surface area contributed by atoms with Crippen LogP contribution in [0, 0.1) is 28.1 Å². The van der Waals surface area contributed by atoms with Crippen LogP contribution in [0.25, 0.3) is 0 Å². The van der Waals surface area contributed by atoms with Crippen molar-refractivity contribution < 1.29 is 53.0 Å². The minimum atomic E-state index is -2.19. The quantitative estimate of drug-likeness (QED) is 0.370. The van der Waals surface area contributed by atoms with Crippen LogP contribution in [0.2, 0.25) is 0 Å². The molecule has 0 aromatic carbocycles. The van der Waals surface area contributed by atoms with Crippen molar-refractivity contribution in [1.29, 1.82) is 0 Å². The van der Waals surface area contributed by atoms with Gasteiger partial charge in [-0.1, -0.05) is 34.3 Å². The van der Waals surface area contributed by atoms with Crippen LogP contribution in [-0.2, 0) is 42.8 Å². The zero-order valence-corrected chi connectivity index (χ0v) is 24.4. The van der Waals surface area contributed by atoms with Crippen molar-refractivity contribution in [3.63, 3.8) is 0 Å². The number of methoxy groups -OCH3 is 3. The van der Waals surface area contributed by atoms with Gasteiger partial charge in [0.25, 0.3) is 0 Å². The van der Waals surface area contributed by atoms with E-state index in [1.807, 2.05) is 20.8 Å². The van der Waals surface area contributed by atoms with E-state index in [4.69, 9.17) is 28.4 Å². The van der Waals surface area contributed by atoms with Crippen molar-refractivity contribution in [2.75, 3.05) is 21.3 Å². The fourth-order valence-electron chi connectivity index (χ4n) is 9.00. The van der Waals surface area contributed by atoms with E-state index >= 15 is 0 Å². The lowest BCUT2D eigenvalue weighted by atomic mass is 9.41. The summed E-state index contributed by atoms with van der Waals surface area (Å²) in [6, 6.07) is 0. The lowest BCUT2D eigenvalue weighted by Crippen LogP contribution is -2.77. The zero-order chi connectivity index (χ0) is 29.6. The first-order chi connectivity index (χ1) is 18.6. The van der Waals surface area contributed by atoms with Gasteiger partial charge in [0.1, 0.15) is 23.6 Å². The molecule has 224 valence electrons. The molecule has 0 radical (unpaired) electrons. The van der Waals surface area contributed by atoms with Gasteiger partial charge < -0.3 is 38.6 Å². The number of ketones is 1. The number of carbonyl (C=O) groups is 3. The number of cyclic esters (lactones) is 1. The summed E-state index contributed by atoms with van der Waals surface area (Å²) >= 11 is 0. The predicted octanol–water partition coefficient (Wildman–Crippen LogP) is 1.66. The summed E-state index contributed by atoms with van der Waals surface area (Å²) in [5.41, 5.74) is -5.39. The van der Waals surface area contributed by atoms with Gasteiger partial charge in [-0.05, 0) is 30.3 Å². The third-order valence-electron chi connectivity index (χ3n) is 11.4. The van der Waals surface area contributed by atoms with Gasteiger partial charge in [0.2, 0.25) is 0 Å². The molecular weight excluding hydrogens is 524 g/mol. The first-order valence-corrected chi connectivity index (χ1v) is 13.9. The summed E-state index contributed by atoms with van der Waals surface area (Å²) in [5.74, 6) is -1.68. The number of ether oxygens (including phenoxy) is 6. The number of esters is 2. The number of Topliss-reactive ketones (excluding diaryl/α,β-unsaturated/α-hetero) is 1. The van der Waals surface area contributed by atoms with Gasteiger partial charge in [-0.2, -0.15) is 0 Å². The van der Waals surface area contributed by atoms with E-state index < -0.39 is 76.2 Å². The first kappa shape index (κ1) is 29.6. The first-order valence-electron chi connectivity index (χ1n) is 13.9. The van der Waals surface area contributed by atoms with Crippen LogP contribution in [0.4, 0.5) is 0 Å². The molecule has 11 nitrogen and oxygen atoms in total. The number of hydrogen-bond donors (Lipinski definition) is 2. The highest BCUT2D eigenvalue weighted by Gasteiger charge is 2.78. The molecule has 3 aliphatic heterocycles. The minimum absolute atomic E-state index is 0.0388. The van der Waals surface area contributed by atoms with Gasteiger partial charge in [0.15, 0.2) is 18.2 Å². The molecule has 0 aromatic heterocycles. The molecular formula is C29H42O11. The van der Waals surface area contributed by atoms with Gasteiger partial charge in [-0.3, -0.25) is 14.4 Å². The second-order valence-electron chi connectivity index (χ2n) is 13.2. The molecule has 3 heterocycles. The Kier molecular flexibility index (Phi) is 6.89. The normalized spacial score (nSPS) is 49.6. The van der Waals surface area contributed by atoms with Gasteiger partial charge in [0, 0.05) is 43.3 Å². The van der Waals surface area contributed by atoms with E-state index in [0.29, 0.717) is 18.4 Å². The van der Waals surface area contributed by atoms with Crippen molar-refractivity contribution in [3.8, 4) is 0 Å². The SMILES string of the molecule is C=C1[C@@H]2CC[C@@]3(C)[C@H]([C@@]4(O)[C@H](OC)O[C@@H](OC)[C@@H]4O)OC(=O)C[C@]13O[C@H]1CC(=O)C(C)(C)[C@H](CC(=O)OC)[C@]12C. The van der Waals surface area contributed by atoms with Crippen molar-refractivity contribution in [2.24, 2.45) is 28.1 Å². The van der Waals surface area contributed by atoms with Crippen LogP contribution in [0.1, 0.15) is 59.8 Å². The highest BCUT2D eigenvalue weighted by Crippen LogP contribution is 2.71. The molecule has 2 aliphatic carbocycles. The Labute approximate surface area is 234 Å². The summed E-state index contributed by atoms with van der Waals surface area (Å²) in [6.07, 6.45) is -5.15. The maximum absolute atomic E-state index is 13.5. The van der Waals surface area contributed by atoms with Crippen molar-refractivity contribution >= 4 is 17.7 Å².